The molecule has 20 heavy (non-hydrogen) atoms. The van der Waals surface area contributed by atoms with Crippen LogP contribution in [-0.4, -0.2) is 23.4 Å². The maximum absolute atomic E-state index is 11.4. The van der Waals surface area contributed by atoms with Crippen molar-refractivity contribution in [2.24, 2.45) is 0 Å². The largest absolute Gasteiger partial charge is 0.462 e. The van der Waals surface area contributed by atoms with Gasteiger partial charge in [0, 0.05) is 11.8 Å². The van der Waals surface area contributed by atoms with Gasteiger partial charge in [-0.05, 0) is 31.6 Å². The minimum absolute atomic E-state index is 0.0289. The van der Waals surface area contributed by atoms with E-state index < -0.39 is 5.97 Å². The van der Waals surface area contributed by atoms with Crippen LogP contribution in [0.25, 0.3) is 6.08 Å². The van der Waals surface area contributed by atoms with Crippen LogP contribution in [0.2, 0.25) is 0 Å². The first kappa shape index (κ1) is 16.2. The van der Waals surface area contributed by atoms with E-state index in [0.29, 0.717) is 5.75 Å². The van der Waals surface area contributed by atoms with E-state index >= 15 is 0 Å². The zero-order valence-corrected chi connectivity index (χ0v) is 12.5. The van der Waals surface area contributed by atoms with Crippen LogP contribution in [0.15, 0.2) is 42.5 Å². The molecule has 0 aliphatic rings. The van der Waals surface area contributed by atoms with Crippen LogP contribution in [0.5, 0.6) is 0 Å². The molecular formula is C16H18O3S. The number of benzene rings is 1. The minimum Gasteiger partial charge on any atom is -0.462 e. The summed E-state index contributed by atoms with van der Waals surface area (Å²) in [4.78, 5) is 22.6. The Labute approximate surface area is 123 Å². The number of carbonyl (C=O) groups is 2. The summed E-state index contributed by atoms with van der Waals surface area (Å²) in [5, 5.41) is -0.0289. The van der Waals surface area contributed by atoms with Gasteiger partial charge in [0.2, 0.25) is 5.12 Å². The number of ether oxygens (including phenoxy) is 1. The Hall–Kier alpha value is -1.81. The van der Waals surface area contributed by atoms with Gasteiger partial charge in [0.05, 0.1) is 0 Å². The second kappa shape index (κ2) is 9.15. The molecule has 0 unspecified atom stereocenters. The zero-order chi connectivity index (χ0) is 14.8. The molecule has 4 heteroatoms. The monoisotopic (exact) mass is 290 g/mol. The predicted octanol–water partition coefficient (Wildman–Crippen LogP) is 3.39. The van der Waals surface area contributed by atoms with Gasteiger partial charge in [-0.25, -0.2) is 4.79 Å². The number of carbonyl (C=O) groups excluding carboxylic acids is 2. The predicted molar refractivity (Wildman–Crippen MR) is 83.5 cm³/mol. The summed E-state index contributed by atoms with van der Waals surface area (Å²) >= 11 is 1.13. The molecular weight excluding hydrogens is 272 g/mol. The van der Waals surface area contributed by atoms with E-state index in [9.17, 15) is 9.59 Å². The Balaban J connectivity index is 2.26. The lowest BCUT2D eigenvalue weighted by molar-refractivity contribution is -0.137. The Morgan fingerprint density at radius 2 is 1.90 bits per heavy atom. The molecule has 1 aromatic rings. The lowest BCUT2D eigenvalue weighted by Crippen LogP contribution is -2.05. The summed E-state index contributed by atoms with van der Waals surface area (Å²) in [5.74, 6) is 0.0671. The van der Waals surface area contributed by atoms with Gasteiger partial charge in [-0.15, -0.1) is 0 Å². The lowest BCUT2D eigenvalue weighted by Gasteiger charge is -2.00. The van der Waals surface area contributed by atoms with Crippen molar-refractivity contribution >= 4 is 28.9 Å². The molecule has 106 valence electrons. The molecule has 0 aliphatic heterocycles. The van der Waals surface area contributed by atoms with Crippen LogP contribution in [0.3, 0.4) is 0 Å². The molecule has 0 aromatic heterocycles. The molecule has 3 nitrogen and oxygen atoms in total. The summed E-state index contributed by atoms with van der Waals surface area (Å²) in [5.41, 5.74) is 2.12. The van der Waals surface area contributed by atoms with Crippen molar-refractivity contribution in [2.45, 2.75) is 13.8 Å². The van der Waals surface area contributed by atoms with Crippen molar-refractivity contribution in [3.63, 3.8) is 0 Å². The SMILES string of the molecule is C/C=C/C(=O)SCCOC(=O)/C=C/c1ccc(C)cc1. The van der Waals surface area contributed by atoms with Gasteiger partial charge in [0.1, 0.15) is 6.61 Å². The fourth-order valence-corrected chi connectivity index (χ4v) is 1.96. The number of hydrogen-bond acceptors (Lipinski definition) is 4. The summed E-state index contributed by atoms with van der Waals surface area (Å²) in [6, 6.07) is 7.83. The fraction of sp³-hybridized carbons (Fsp3) is 0.250. The van der Waals surface area contributed by atoms with E-state index in [0.717, 1.165) is 17.3 Å². The number of thioether (sulfide) groups is 1. The quantitative estimate of drug-likeness (QED) is 0.457. The molecule has 1 rings (SSSR count). The van der Waals surface area contributed by atoms with Crippen molar-refractivity contribution in [3.8, 4) is 0 Å². The van der Waals surface area contributed by atoms with Gasteiger partial charge in [-0.1, -0.05) is 47.7 Å². The van der Waals surface area contributed by atoms with E-state index in [1.807, 2.05) is 31.2 Å². The van der Waals surface area contributed by atoms with Crippen LogP contribution in [0.1, 0.15) is 18.1 Å². The first-order valence-corrected chi connectivity index (χ1v) is 7.31. The van der Waals surface area contributed by atoms with Crippen molar-refractivity contribution in [1.29, 1.82) is 0 Å². The Morgan fingerprint density at radius 3 is 2.55 bits per heavy atom. The highest BCUT2D eigenvalue weighted by Crippen LogP contribution is 2.06. The topological polar surface area (TPSA) is 43.4 Å². The van der Waals surface area contributed by atoms with Crippen LogP contribution >= 0.6 is 11.8 Å². The van der Waals surface area contributed by atoms with E-state index in [1.165, 1.54) is 17.7 Å². The number of hydrogen-bond donors (Lipinski definition) is 0. The van der Waals surface area contributed by atoms with Crippen LogP contribution in [0.4, 0.5) is 0 Å². The average Bonchev–Trinajstić information content (AvgIpc) is 2.43. The molecule has 0 atom stereocenters. The number of rotatable bonds is 6. The van der Waals surface area contributed by atoms with Gasteiger partial charge in [0.25, 0.3) is 0 Å². The second-order valence-corrected chi connectivity index (χ2v) is 5.18. The van der Waals surface area contributed by atoms with Gasteiger partial charge >= 0.3 is 5.97 Å². The summed E-state index contributed by atoms with van der Waals surface area (Å²) < 4.78 is 4.99. The Bertz CT molecular complexity index is 501. The third-order valence-electron chi connectivity index (χ3n) is 2.36. The molecule has 0 bridgehead atoms. The highest BCUT2D eigenvalue weighted by atomic mass is 32.2. The second-order valence-electron chi connectivity index (χ2n) is 4.08. The van der Waals surface area contributed by atoms with Gasteiger partial charge < -0.3 is 4.74 Å². The van der Waals surface area contributed by atoms with E-state index in [4.69, 9.17) is 4.74 Å². The van der Waals surface area contributed by atoms with Gasteiger partial charge in [0.15, 0.2) is 0 Å². The summed E-state index contributed by atoms with van der Waals surface area (Å²) in [7, 11) is 0. The molecule has 0 radical (unpaired) electrons. The van der Waals surface area contributed by atoms with E-state index in [1.54, 1.807) is 19.1 Å². The van der Waals surface area contributed by atoms with Crippen molar-refractivity contribution in [2.75, 3.05) is 12.4 Å². The fourth-order valence-electron chi connectivity index (χ4n) is 1.36. The lowest BCUT2D eigenvalue weighted by atomic mass is 10.1. The maximum Gasteiger partial charge on any atom is 0.330 e. The highest BCUT2D eigenvalue weighted by molar-refractivity contribution is 8.14. The van der Waals surface area contributed by atoms with Gasteiger partial charge in [-0.2, -0.15) is 0 Å². The first-order chi connectivity index (χ1) is 9.61. The van der Waals surface area contributed by atoms with Crippen LogP contribution < -0.4 is 0 Å². The Kier molecular flexibility index (Phi) is 7.43. The summed E-state index contributed by atoms with van der Waals surface area (Å²) in [6.45, 7) is 4.02. The molecule has 0 saturated heterocycles. The highest BCUT2D eigenvalue weighted by Gasteiger charge is 2.00. The van der Waals surface area contributed by atoms with Crippen molar-refractivity contribution < 1.29 is 14.3 Å². The molecule has 0 spiro atoms. The third-order valence-corrected chi connectivity index (χ3v) is 3.16. The van der Waals surface area contributed by atoms with Crippen molar-refractivity contribution in [1.82, 2.24) is 0 Å². The van der Waals surface area contributed by atoms with Gasteiger partial charge in [-0.3, -0.25) is 4.79 Å². The minimum atomic E-state index is -0.398. The average molecular weight is 290 g/mol. The normalized spacial score (nSPS) is 11.1. The first-order valence-electron chi connectivity index (χ1n) is 6.33. The standard InChI is InChI=1S/C16H18O3S/c1-3-4-16(18)20-12-11-19-15(17)10-9-14-7-5-13(2)6-8-14/h3-10H,11-12H2,1-2H3/b4-3+,10-9+. The summed E-state index contributed by atoms with van der Waals surface area (Å²) in [6.07, 6.45) is 6.28. The van der Waals surface area contributed by atoms with E-state index in [-0.39, 0.29) is 11.7 Å². The van der Waals surface area contributed by atoms with Crippen molar-refractivity contribution in [3.05, 3.63) is 53.6 Å². The third kappa shape index (κ3) is 6.95. The molecule has 1 aromatic carbocycles. The number of esters is 1. The molecule has 0 aliphatic carbocycles. The van der Waals surface area contributed by atoms with Crippen LogP contribution in [-0.2, 0) is 14.3 Å². The molecule has 0 heterocycles. The zero-order valence-electron chi connectivity index (χ0n) is 11.7. The smallest absolute Gasteiger partial charge is 0.330 e. The molecule has 0 amide bonds. The molecule has 0 saturated carbocycles. The van der Waals surface area contributed by atoms with E-state index in [2.05, 4.69) is 0 Å². The number of aryl methyl sites for hydroxylation is 1. The molecule has 0 N–H and O–H groups in total. The van der Waals surface area contributed by atoms with Crippen LogP contribution in [0, 0.1) is 6.92 Å². The Morgan fingerprint density at radius 1 is 1.20 bits per heavy atom. The maximum atomic E-state index is 11.4. The molecule has 0 fully saturated rings. The number of allylic oxidation sites excluding steroid dienone is 1.